The summed E-state index contributed by atoms with van der Waals surface area (Å²) in [6, 6.07) is 13.7. The van der Waals surface area contributed by atoms with E-state index < -0.39 is 52.9 Å². The third-order valence-electron chi connectivity index (χ3n) is 6.95. The van der Waals surface area contributed by atoms with Gasteiger partial charge < -0.3 is 10.1 Å². The predicted octanol–water partition coefficient (Wildman–Crippen LogP) is 1.42. The van der Waals surface area contributed by atoms with Crippen LogP contribution in [-0.2, 0) is 23.9 Å². The van der Waals surface area contributed by atoms with Gasteiger partial charge in [-0.1, -0.05) is 30.3 Å². The molecule has 3 heterocycles. The number of methoxy groups -OCH3 is 1. The molecule has 170 valence electrons. The Hall–Kier alpha value is -3.59. The number of fused-ring (bicyclic) bond motifs is 3. The van der Waals surface area contributed by atoms with Crippen LogP contribution in [0.4, 0.5) is 10.1 Å². The summed E-state index contributed by atoms with van der Waals surface area (Å²) in [7, 11) is 1.22. The first kappa shape index (κ1) is 21.3. The monoisotopic (exact) mass is 451 g/mol. The molecule has 0 bridgehead atoms. The van der Waals surface area contributed by atoms with E-state index in [1.54, 1.807) is 0 Å². The molecule has 1 N–H and O–H groups in total. The van der Waals surface area contributed by atoms with E-state index in [-0.39, 0.29) is 12.1 Å². The second kappa shape index (κ2) is 7.77. The standard InChI is InChI=1S/C24H22FN3O5/c1-33-17(29)13-24-19-18(21(30)28(22(19)31)16-9-7-15(25)8-10-16)20(14-5-3-2-4-6-14)27(24)12-11-26-23(24)32/h2-10,18-20H,11-13H2,1H3,(H,26,32). The number of amides is 3. The van der Waals surface area contributed by atoms with Crippen LogP contribution in [0.2, 0.25) is 0 Å². The molecule has 2 aromatic carbocycles. The fourth-order valence-electron chi connectivity index (χ4n) is 5.65. The van der Waals surface area contributed by atoms with Crippen LogP contribution < -0.4 is 10.2 Å². The van der Waals surface area contributed by atoms with Gasteiger partial charge in [0.1, 0.15) is 11.4 Å². The van der Waals surface area contributed by atoms with Crippen molar-refractivity contribution in [2.75, 3.05) is 25.1 Å². The smallest absolute Gasteiger partial charge is 0.307 e. The molecule has 3 amide bonds. The number of ether oxygens (including phenoxy) is 1. The van der Waals surface area contributed by atoms with Gasteiger partial charge in [0, 0.05) is 19.1 Å². The van der Waals surface area contributed by atoms with Gasteiger partial charge in [-0.25, -0.2) is 9.29 Å². The zero-order valence-corrected chi connectivity index (χ0v) is 17.9. The molecule has 3 aliphatic heterocycles. The number of halogens is 1. The lowest BCUT2D eigenvalue weighted by molar-refractivity contribution is -0.154. The number of hydrogen-bond acceptors (Lipinski definition) is 6. The third kappa shape index (κ3) is 2.99. The first-order valence-corrected chi connectivity index (χ1v) is 10.7. The Morgan fingerprint density at radius 3 is 2.45 bits per heavy atom. The van der Waals surface area contributed by atoms with E-state index in [2.05, 4.69) is 5.32 Å². The number of benzene rings is 2. The zero-order valence-electron chi connectivity index (χ0n) is 17.9. The Balaban J connectivity index is 1.70. The molecule has 4 atom stereocenters. The minimum atomic E-state index is -1.57. The molecule has 5 rings (SSSR count). The van der Waals surface area contributed by atoms with Crippen LogP contribution in [0, 0.1) is 17.7 Å². The van der Waals surface area contributed by atoms with E-state index in [1.165, 1.54) is 31.4 Å². The second-order valence-corrected chi connectivity index (χ2v) is 8.47. The van der Waals surface area contributed by atoms with Crippen molar-refractivity contribution in [3.63, 3.8) is 0 Å². The highest BCUT2D eigenvalue weighted by Crippen LogP contribution is 2.57. The molecular weight excluding hydrogens is 429 g/mol. The summed E-state index contributed by atoms with van der Waals surface area (Å²) >= 11 is 0. The highest BCUT2D eigenvalue weighted by atomic mass is 19.1. The summed E-state index contributed by atoms with van der Waals surface area (Å²) in [4.78, 5) is 56.3. The van der Waals surface area contributed by atoms with E-state index in [0.717, 1.165) is 10.5 Å². The van der Waals surface area contributed by atoms with E-state index >= 15 is 0 Å². The van der Waals surface area contributed by atoms with Crippen molar-refractivity contribution >= 4 is 29.4 Å². The predicted molar refractivity (Wildman–Crippen MR) is 114 cm³/mol. The Morgan fingerprint density at radius 1 is 1.09 bits per heavy atom. The molecule has 9 heteroatoms. The SMILES string of the molecule is COC(=O)CC12C(=O)NCCN1C(c1ccccc1)C1C(=O)N(c3ccc(F)cc3)C(=O)C12. The maximum Gasteiger partial charge on any atom is 0.307 e. The Morgan fingerprint density at radius 2 is 1.79 bits per heavy atom. The zero-order chi connectivity index (χ0) is 23.3. The van der Waals surface area contributed by atoms with Crippen molar-refractivity contribution in [1.82, 2.24) is 10.2 Å². The lowest BCUT2D eigenvalue weighted by Gasteiger charge is -2.45. The first-order valence-electron chi connectivity index (χ1n) is 10.7. The van der Waals surface area contributed by atoms with Gasteiger partial charge in [-0.2, -0.15) is 0 Å². The minimum absolute atomic E-state index is 0.226. The Bertz CT molecular complexity index is 1140. The highest BCUT2D eigenvalue weighted by molar-refractivity contribution is 6.24. The number of carbonyl (C=O) groups is 4. The number of rotatable bonds is 4. The second-order valence-electron chi connectivity index (χ2n) is 8.47. The maximum absolute atomic E-state index is 13.8. The van der Waals surface area contributed by atoms with Crippen LogP contribution in [0.5, 0.6) is 0 Å². The number of anilines is 1. The summed E-state index contributed by atoms with van der Waals surface area (Å²) < 4.78 is 18.4. The number of imide groups is 1. The van der Waals surface area contributed by atoms with Crippen molar-refractivity contribution in [3.05, 3.63) is 66.0 Å². The molecule has 0 spiro atoms. The highest BCUT2D eigenvalue weighted by Gasteiger charge is 2.73. The summed E-state index contributed by atoms with van der Waals surface area (Å²) in [5, 5.41) is 2.79. The number of nitrogens with one attached hydrogen (secondary N) is 1. The molecule has 0 saturated carbocycles. The first-order chi connectivity index (χ1) is 15.9. The number of hydrogen-bond donors (Lipinski definition) is 1. The average Bonchev–Trinajstić information content (AvgIpc) is 3.26. The molecule has 2 aromatic rings. The molecule has 8 nitrogen and oxygen atoms in total. The quantitative estimate of drug-likeness (QED) is 0.558. The lowest BCUT2D eigenvalue weighted by atomic mass is 9.76. The average molecular weight is 451 g/mol. The minimum Gasteiger partial charge on any atom is -0.469 e. The van der Waals surface area contributed by atoms with Gasteiger partial charge in [0.15, 0.2) is 0 Å². The van der Waals surface area contributed by atoms with Crippen molar-refractivity contribution in [3.8, 4) is 0 Å². The van der Waals surface area contributed by atoms with Crippen molar-refractivity contribution < 1.29 is 28.3 Å². The van der Waals surface area contributed by atoms with Crippen LogP contribution in [0.1, 0.15) is 18.0 Å². The Labute approximate surface area is 189 Å². The van der Waals surface area contributed by atoms with Crippen molar-refractivity contribution in [2.45, 2.75) is 18.0 Å². The number of esters is 1. The number of nitrogens with zero attached hydrogens (tertiary/aromatic N) is 2. The van der Waals surface area contributed by atoms with Crippen LogP contribution in [-0.4, -0.2) is 54.3 Å². The molecule has 33 heavy (non-hydrogen) atoms. The molecule has 0 aliphatic carbocycles. The fourth-order valence-corrected chi connectivity index (χ4v) is 5.65. The molecule has 3 saturated heterocycles. The van der Waals surface area contributed by atoms with E-state index in [0.29, 0.717) is 13.1 Å². The van der Waals surface area contributed by atoms with E-state index in [9.17, 15) is 23.6 Å². The molecule has 4 unspecified atom stereocenters. The molecule has 3 fully saturated rings. The van der Waals surface area contributed by atoms with E-state index in [1.807, 2.05) is 35.2 Å². The molecule has 0 radical (unpaired) electrons. The molecule has 0 aromatic heterocycles. The van der Waals surface area contributed by atoms with Gasteiger partial charge >= 0.3 is 5.97 Å². The summed E-state index contributed by atoms with van der Waals surface area (Å²) in [5.74, 6) is -4.67. The Kier molecular flexibility index (Phi) is 5.01. The fraction of sp³-hybridized carbons (Fsp3) is 0.333. The van der Waals surface area contributed by atoms with Gasteiger partial charge in [-0.05, 0) is 29.8 Å². The number of piperazine rings is 1. The van der Waals surface area contributed by atoms with Crippen LogP contribution in [0.15, 0.2) is 54.6 Å². The lowest BCUT2D eigenvalue weighted by Crippen LogP contribution is -2.67. The molecular formula is C24H22FN3O5. The van der Waals surface area contributed by atoms with E-state index in [4.69, 9.17) is 4.74 Å². The summed E-state index contributed by atoms with van der Waals surface area (Å²) in [5.41, 5.74) is -0.572. The third-order valence-corrected chi connectivity index (χ3v) is 6.95. The van der Waals surface area contributed by atoms with Gasteiger partial charge in [0.2, 0.25) is 17.7 Å². The largest absolute Gasteiger partial charge is 0.469 e. The van der Waals surface area contributed by atoms with Crippen molar-refractivity contribution in [1.29, 1.82) is 0 Å². The van der Waals surface area contributed by atoms with Crippen LogP contribution in [0.25, 0.3) is 0 Å². The normalized spacial score (nSPS) is 29.0. The summed E-state index contributed by atoms with van der Waals surface area (Å²) in [6.07, 6.45) is -0.365. The van der Waals surface area contributed by atoms with Crippen LogP contribution in [0.3, 0.4) is 0 Å². The van der Waals surface area contributed by atoms with Gasteiger partial charge in [-0.3, -0.25) is 24.1 Å². The molecule has 3 aliphatic rings. The summed E-state index contributed by atoms with van der Waals surface area (Å²) in [6.45, 7) is 0.695. The van der Waals surface area contributed by atoms with Gasteiger partial charge in [-0.15, -0.1) is 0 Å². The van der Waals surface area contributed by atoms with Gasteiger partial charge in [0.25, 0.3) is 0 Å². The van der Waals surface area contributed by atoms with Crippen molar-refractivity contribution in [2.24, 2.45) is 11.8 Å². The van der Waals surface area contributed by atoms with Gasteiger partial charge in [0.05, 0.1) is 31.1 Å². The maximum atomic E-state index is 13.8. The number of carbonyl (C=O) groups excluding carboxylic acids is 4. The topological polar surface area (TPSA) is 96.0 Å². The van der Waals surface area contributed by atoms with Crippen LogP contribution >= 0.6 is 0 Å².